The minimum atomic E-state index is -1.36. The summed E-state index contributed by atoms with van der Waals surface area (Å²) >= 11 is 0. The first-order valence-electron chi connectivity index (χ1n) is 9.15. The van der Waals surface area contributed by atoms with Crippen LogP contribution in [0.2, 0.25) is 0 Å². The Morgan fingerprint density at radius 3 is 2.59 bits per heavy atom. The molecule has 160 valence electrons. The van der Waals surface area contributed by atoms with Crippen molar-refractivity contribution in [1.82, 2.24) is 10.7 Å². The van der Waals surface area contributed by atoms with E-state index in [-0.39, 0.29) is 11.9 Å². The Morgan fingerprint density at radius 1 is 1.17 bits per heavy atom. The SMILES string of the molecule is CCOc1cc(/C=N\NC(=O)C(=O)NCCCOC(C)C)ccc1OCC(=O)[O-]. The number of hydrazone groups is 1. The molecule has 0 fully saturated rings. The largest absolute Gasteiger partial charge is 0.546 e. The number of hydrogen-bond donors (Lipinski definition) is 2. The van der Waals surface area contributed by atoms with Gasteiger partial charge in [-0.05, 0) is 51.0 Å². The van der Waals surface area contributed by atoms with Crippen molar-refractivity contribution in [3.05, 3.63) is 23.8 Å². The van der Waals surface area contributed by atoms with Crippen molar-refractivity contribution in [2.75, 3.05) is 26.4 Å². The summed E-state index contributed by atoms with van der Waals surface area (Å²) < 4.78 is 15.8. The number of hydrogen-bond acceptors (Lipinski definition) is 8. The number of benzene rings is 1. The van der Waals surface area contributed by atoms with E-state index < -0.39 is 24.4 Å². The van der Waals surface area contributed by atoms with Gasteiger partial charge in [0.05, 0.1) is 24.9 Å². The minimum absolute atomic E-state index is 0.112. The lowest BCUT2D eigenvalue weighted by Gasteiger charge is -2.12. The molecule has 0 aliphatic heterocycles. The van der Waals surface area contributed by atoms with E-state index in [1.807, 2.05) is 13.8 Å². The highest BCUT2D eigenvalue weighted by Crippen LogP contribution is 2.27. The van der Waals surface area contributed by atoms with Crippen LogP contribution in [0.5, 0.6) is 11.5 Å². The molecule has 0 atom stereocenters. The van der Waals surface area contributed by atoms with Crippen LogP contribution in [0.4, 0.5) is 0 Å². The van der Waals surface area contributed by atoms with Crippen LogP contribution in [0, 0.1) is 0 Å². The predicted molar refractivity (Wildman–Crippen MR) is 103 cm³/mol. The molecule has 0 heterocycles. The monoisotopic (exact) mass is 408 g/mol. The fraction of sp³-hybridized carbons (Fsp3) is 0.474. The molecule has 0 aromatic heterocycles. The summed E-state index contributed by atoms with van der Waals surface area (Å²) in [5.74, 6) is -2.51. The number of carbonyl (C=O) groups excluding carboxylic acids is 3. The lowest BCUT2D eigenvalue weighted by atomic mass is 10.2. The number of carbonyl (C=O) groups is 3. The number of nitrogens with one attached hydrogen (secondary N) is 2. The van der Waals surface area contributed by atoms with Crippen molar-refractivity contribution < 1.29 is 33.7 Å². The topological polar surface area (TPSA) is 138 Å². The molecule has 0 aliphatic carbocycles. The molecule has 0 aliphatic rings. The highest BCUT2D eigenvalue weighted by Gasteiger charge is 2.11. The maximum atomic E-state index is 11.7. The Balaban J connectivity index is 2.52. The molecule has 0 saturated carbocycles. The number of aliphatic carboxylic acids is 1. The molecule has 0 unspecified atom stereocenters. The first-order valence-corrected chi connectivity index (χ1v) is 9.15. The van der Waals surface area contributed by atoms with Crippen LogP contribution in [-0.2, 0) is 19.1 Å². The van der Waals surface area contributed by atoms with Crippen molar-refractivity contribution in [3.8, 4) is 11.5 Å². The van der Waals surface area contributed by atoms with Crippen LogP contribution in [0.15, 0.2) is 23.3 Å². The molecule has 0 radical (unpaired) electrons. The van der Waals surface area contributed by atoms with Crippen LogP contribution in [0.3, 0.4) is 0 Å². The van der Waals surface area contributed by atoms with Crippen molar-refractivity contribution in [2.45, 2.75) is 33.3 Å². The first-order chi connectivity index (χ1) is 13.8. The summed E-state index contributed by atoms with van der Waals surface area (Å²) in [6.45, 7) is 6.11. The summed E-state index contributed by atoms with van der Waals surface area (Å²) in [5, 5.41) is 16.7. The van der Waals surface area contributed by atoms with E-state index in [1.54, 1.807) is 19.1 Å². The molecule has 0 bridgehead atoms. The summed E-state index contributed by atoms with van der Waals surface area (Å²) in [6, 6.07) is 4.64. The molecule has 2 amide bonds. The van der Waals surface area contributed by atoms with Gasteiger partial charge in [-0.15, -0.1) is 0 Å². The smallest absolute Gasteiger partial charge is 0.329 e. The van der Waals surface area contributed by atoms with Gasteiger partial charge in [-0.3, -0.25) is 9.59 Å². The van der Waals surface area contributed by atoms with Gasteiger partial charge in [-0.1, -0.05) is 0 Å². The highest BCUT2D eigenvalue weighted by atomic mass is 16.5. The van der Waals surface area contributed by atoms with Gasteiger partial charge >= 0.3 is 11.8 Å². The lowest BCUT2D eigenvalue weighted by molar-refractivity contribution is -0.307. The van der Waals surface area contributed by atoms with Gasteiger partial charge in [0.1, 0.15) is 6.61 Å². The van der Waals surface area contributed by atoms with Gasteiger partial charge < -0.3 is 29.4 Å². The van der Waals surface area contributed by atoms with Crippen LogP contribution < -0.4 is 25.3 Å². The molecule has 0 saturated heterocycles. The Labute approximate surface area is 169 Å². The van der Waals surface area contributed by atoms with Gasteiger partial charge in [-0.2, -0.15) is 5.10 Å². The normalized spacial score (nSPS) is 10.8. The zero-order chi connectivity index (χ0) is 21.6. The molecule has 29 heavy (non-hydrogen) atoms. The molecule has 10 nitrogen and oxygen atoms in total. The van der Waals surface area contributed by atoms with Crippen molar-refractivity contribution in [2.24, 2.45) is 5.10 Å². The van der Waals surface area contributed by atoms with E-state index >= 15 is 0 Å². The minimum Gasteiger partial charge on any atom is -0.546 e. The van der Waals surface area contributed by atoms with Crippen LogP contribution in [0.25, 0.3) is 0 Å². The third-order valence-corrected chi connectivity index (χ3v) is 3.26. The molecular formula is C19H26N3O7-. The Morgan fingerprint density at radius 2 is 1.93 bits per heavy atom. The van der Waals surface area contributed by atoms with Crippen molar-refractivity contribution in [3.63, 3.8) is 0 Å². The maximum absolute atomic E-state index is 11.7. The Bertz CT molecular complexity index is 720. The maximum Gasteiger partial charge on any atom is 0.329 e. The van der Waals surface area contributed by atoms with E-state index in [0.717, 1.165) is 0 Å². The molecular weight excluding hydrogens is 382 g/mol. The molecule has 1 aromatic rings. The second kappa shape index (κ2) is 13.1. The number of rotatable bonds is 12. The van der Waals surface area contributed by atoms with Crippen molar-refractivity contribution >= 4 is 24.0 Å². The van der Waals surface area contributed by atoms with Crippen molar-refractivity contribution in [1.29, 1.82) is 0 Å². The number of ether oxygens (including phenoxy) is 3. The number of amides is 2. The summed E-state index contributed by atoms with van der Waals surface area (Å²) in [4.78, 5) is 33.9. The third-order valence-electron chi connectivity index (χ3n) is 3.26. The van der Waals surface area contributed by atoms with E-state index in [0.29, 0.717) is 37.5 Å². The van der Waals surface area contributed by atoms with E-state index in [1.165, 1.54) is 12.3 Å². The molecule has 1 rings (SSSR count). The predicted octanol–water partition coefficient (Wildman–Crippen LogP) is -0.405. The van der Waals surface area contributed by atoms with Gasteiger partial charge in [0.25, 0.3) is 0 Å². The van der Waals surface area contributed by atoms with E-state index in [2.05, 4.69) is 15.8 Å². The zero-order valence-corrected chi connectivity index (χ0v) is 16.7. The van der Waals surface area contributed by atoms with Crippen LogP contribution in [0.1, 0.15) is 32.8 Å². The Kier molecular flexibility index (Phi) is 10.8. The average Bonchev–Trinajstić information content (AvgIpc) is 2.66. The molecule has 10 heteroatoms. The van der Waals surface area contributed by atoms with Crippen LogP contribution in [-0.4, -0.2) is 56.5 Å². The van der Waals surface area contributed by atoms with E-state index in [4.69, 9.17) is 14.2 Å². The average molecular weight is 408 g/mol. The summed E-state index contributed by atoms with van der Waals surface area (Å²) in [6.07, 6.45) is 2.01. The summed E-state index contributed by atoms with van der Waals surface area (Å²) in [5.41, 5.74) is 2.67. The lowest BCUT2D eigenvalue weighted by Crippen LogP contribution is -2.38. The summed E-state index contributed by atoms with van der Waals surface area (Å²) in [7, 11) is 0. The second-order valence-corrected chi connectivity index (χ2v) is 6.03. The number of carboxylic acids is 1. The fourth-order valence-corrected chi connectivity index (χ4v) is 2.02. The first kappa shape index (κ1) is 23.9. The van der Waals surface area contributed by atoms with Gasteiger partial charge in [0.15, 0.2) is 11.5 Å². The fourth-order valence-electron chi connectivity index (χ4n) is 2.02. The van der Waals surface area contributed by atoms with Gasteiger partial charge in [0.2, 0.25) is 0 Å². The van der Waals surface area contributed by atoms with Gasteiger partial charge in [0, 0.05) is 13.2 Å². The standard InChI is InChI=1S/C19H27N3O7/c1-4-27-16-10-14(6-7-15(16)29-12-17(23)24)11-21-22-19(26)18(25)20-8-5-9-28-13(2)3/h6-7,10-11,13H,4-5,8-9,12H2,1-3H3,(H,20,25)(H,22,26)(H,23,24)/p-1/b21-11-. The number of carboxylic acid groups (broad SMARTS) is 1. The Hall–Kier alpha value is -3.14. The van der Waals surface area contributed by atoms with Crippen LogP contribution >= 0.6 is 0 Å². The zero-order valence-electron chi connectivity index (χ0n) is 16.7. The van der Waals surface area contributed by atoms with E-state index in [9.17, 15) is 19.5 Å². The number of nitrogens with zero attached hydrogens (tertiary/aromatic N) is 1. The third kappa shape index (κ3) is 10.1. The second-order valence-electron chi connectivity index (χ2n) is 6.03. The molecule has 0 spiro atoms. The van der Waals surface area contributed by atoms with Gasteiger partial charge in [-0.25, -0.2) is 5.43 Å². The molecule has 2 N–H and O–H groups in total. The highest BCUT2D eigenvalue weighted by molar-refractivity contribution is 6.35. The quantitative estimate of drug-likeness (QED) is 0.208. The molecule has 1 aromatic carbocycles.